The number of hydrogen-bond acceptors (Lipinski definition) is 3. The second-order valence-corrected chi connectivity index (χ2v) is 4.02. The van der Waals surface area contributed by atoms with Crippen LogP contribution in [-0.2, 0) is 0 Å². The van der Waals surface area contributed by atoms with E-state index in [-0.39, 0.29) is 0 Å². The van der Waals surface area contributed by atoms with E-state index in [4.69, 9.17) is 5.26 Å². The maximum Gasteiger partial charge on any atom is 0.0635 e. The fraction of sp³-hybridized carbons (Fsp3) is 0.875. The third-order valence-corrected chi connectivity index (χ3v) is 3.21. The van der Waals surface area contributed by atoms with Gasteiger partial charge in [-0.05, 0) is 6.92 Å². The van der Waals surface area contributed by atoms with Crippen molar-refractivity contribution in [2.24, 2.45) is 0 Å². The standard InChI is InChI=1S/C8H14N2S/c1-8-7-11-6-5-10(8)4-2-3-9/h8H,2,4-7H2,1H3. The highest BCUT2D eigenvalue weighted by atomic mass is 32.2. The fourth-order valence-electron chi connectivity index (χ4n) is 1.29. The Bertz CT molecular complexity index is 153. The van der Waals surface area contributed by atoms with Crippen molar-refractivity contribution in [1.82, 2.24) is 4.90 Å². The predicted molar refractivity (Wildman–Crippen MR) is 48.6 cm³/mol. The van der Waals surface area contributed by atoms with Crippen molar-refractivity contribution in [2.75, 3.05) is 24.6 Å². The highest BCUT2D eigenvalue weighted by Gasteiger charge is 2.17. The summed E-state index contributed by atoms with van der Waals surface area (Å²) in [6.45, 7) is 4.36. The van der Waals surface area contributed by atoms with Gasteiger partial charge >= 0.3 is 0 Å². The lowest BCUT2D eigenvalue weighted by molar-refractivity contribution is 0.238. The third kappa shape index (κ3) is 2.72. The Kier molecular flexibility index (Phi) is 3.74. The van der Waals surface area contributed by atoms with Crippen molar-refractivity contribution >= 4 is 11.8 Å². The number of nitriles is 1. The summed E-state index contributed by atoms with van der Waals surface area (Å²) in [7, 11) is 0. The molecule has 2 nitrogen and oxygen atoms in total. The van der Waals surface area contributed by atoms with Crippen LogP contribution >= 0.6 is 11.8 Å². The van der Waals surface area contributed by atoms with Crippen LogP contribution in [0, 0.1) is 11.3 Å². The van der Waals surface area contributed by atoms with Crippen LogP contribution in [0.4, 0.5) is 0 Å². The Morgan fingerprint density at radius 3 is 3.18 bits per heavy atom. The van der Waals surface area contributed by atoms with E-state index >= 15 is 0 Å². The lowest BCUT2D eigenvalue weighted by Crippen LogP contribution is -2.40. The molecule has 3 heteroatoms. The van der Waals surface area contributed by atoms with Gasteiger partial charge in [-0.3, -0.25) is 4.90 Å². The molecule has 1 aliphatic heterocycles. The minimum atomic E-state index is 0.669. The van der Waals surface area contributed by atoms with Crippen LogP contribution in [0.5, 0.6) is 0 Å². The summed E-state index contributed by atoms with van der Waals surface area (Å²) in [6, 6.07) is 2.86. The van der Waals surface area contributed by atoms with Gasteiger partial charge in [0, 0.05) is 37.1 Å². The zero-order valence-electron chi connectivity index (χ0n) is 6.92. The van der Waals surface area contributed by atoms with Gasteiger partial charge in [-0.25, -0.2) is 0 Å². The molecule has 0 aromatic heterocycles. The average molecular weight is 170 g/mol. The van der Waals surface area contributed by atoms with Crippen molar-refractivity contribution in [3.8, 4) is 6.07 Å². The first-order valence-electron chi connectivity index (χ1n) is 4.03. The van der Waals surface area contributed by atoms with Gasteiger partial charge in [0.25, 0.3) is 0 Å². The van der Waals surface area contributed by atoms with Gasteiger partial charge in [0.2, 0.25) is 0 Å². The van der Waals surface area contributed by atoms with E-state index < -0.39 is 0 Å². The molecular formula is C8H14N2S. The third-order valence-electron chi connectivity index (χ3n) is 2.02. The summed E-state index contributed by atoms with van der Waals surface area (Å²) < 4.78 is 0. The lowest BCUT2D eigenvalue weighted by Gasteiger charge is -2.32. The van der Waals surface area contributed by atoms with Crippen LogP contribution in [-0.4, -0.2) is 35.5 Å². The zero-order valence-corrected chi connectivity index (χ0v) is 7.73. The van der Waals surface area contributed by atoms with Crippen LogP contribution < -0.4 is 0 Å². The highest BCUT2D eigenvalue weighted by molar-refractivity contribution is 7.99. The van der Waals surface area contributed by atoms with Crippen molar-refractivity contribution in [3.05, 3.63) is 0 Å². The molecule has 11 heavy (non-hydrogen) atoms. The molecule has 0 spiro atoms. The molecule has 1 heterocycles. The Labute approximate surface area is 72.6 Å². The van der Waals surface area contributed by atoms with Crippen LogP contribution in [0.15, 0.2) is 0 Å². The summed E-state index contributed by atoms with van der Waals surface area (Å²) in [5.74, 6) is 2.46. The molecule has 1 fully saturated rings. The van der Waals surface area contributed by atoms with Gasteiger partial charge in [0.15, 0.2) is 0 Å². The summed E-state index contributed by atoms with van der Waals surface area (Å²) in [5, 5.41) is 8.40. The monoisotopic (exact) mass is 170 g/mol. The molecule has 1 aliphatic rings. The molecule has 62 valence electrons. The highest BCUT2D eigenvalue weighted by Crippen LogP contribution is 2.15. The first-order chi connectivity index (χ1) is 5.34. The molecule has 0 bridgehead atoms. The molecule has 0 N–H and O–H groups in total. The average Bonchev–Trinajstić information content (AvgIpc) is 2.03. The summed E-state index contributed by atoms with van der Waals surface area (Å²) in [5.41, 5.74) is 0. The number of hydrogen-bond donors (Lipinski definition) is 0. The predicted octanol–water partition coefficient (Wildman–Crippen LogP) is 1.34. The van der Waals surface area contributed by atoms with Crippen molar-refractivity contribution in [2.45, 2.75) is 19.4 Å². The first kappa shape index (κ1) is 8.89. The molecule has 0 radical (unpaired) electrons. The van der Waals surface area contributed by atoms with E-state index in [2.05, 4.69) is 17.9 Å². The maximum atomic E-state index is 8.40. The van der Waals surface area contributed by atoms with Gasteiger partial charge in [-0.15, -0.1) is 0 Å². The van der Waals surface area contributed by atoms with Crippen LogP contribution in [0.1, 0.15) is 13.3 Å². The zero-order chi connectivity index (χ0) is 8.10. The van der Waals surface area contributed by atoms with Gasteiger partial charge in [0.05, 0.1) is 6.07 Å². The Balaban J connectivity index is 2.25. The fourth-order valence-corrected chi connectivity index (χ4v) is 2.37. The molecule has 1 saturated heterocycles. The van der Waals surface area contributed by atoms with Gasteiger partial charge in [-0.1, -0.05) is 0 Å². The van der Waals surface area contributed by atoms with E-state index in [0.29, 0.717) is 12.5 Å². The first-order valence-corrected chi connectivity index (χ1v) is 5.19. The van der Waals surface area contributed by atoms with Crippen LogP contribution in [0.2, 0.25) is 0 Å². The van der Waals surface area contributed by atoms with Gasteiger partial charge in [-0.2, -0.15) is 17.0 Å². The van der Waals surface area contributed by atoms with Crippen LogP contribution in [0.25, 0.3) is 0 Å². The maximum absolute atomic E-state index is 8.40. The van der Waals surface area contributed by atoms with Crippen molar-refractivity contribution < 1.29 is 0 Å². The van der Waals surface area contributed by atoms with E-state index in [9.17, 15) is 0 Å². The van der Waals surface area contributed by atoms with E-state index in [1.54, 1.807) is 0 Å². The largest absolute Gasteiger partial charge is 0.298 e. The molecule has 0 saturated carbocycles. The Morgan fingerprint density at radius 1 is 1.73 bits per heavy atom. The number of thioether (sulfide) groups is 1. The summed E-state index contributed by atoms with van der Waals surface area (Å²) >= 11 is 2.02. The second-order valence-electron chi connectivity index (χ2n) is 2.87. The second kappa shape index (κ2) is 4.63. The Hall–Kier alpha value is -0.200. The Morgan fingerprint density at radius 2 is 2.55 bits per heavy atom. The summed E-state index contributed by atoms with van der Waals surface area (Å²) in [6.07, 6.45) is 0.676. The number of rotatable bonds is 2. The quantitative estimate of drug-likeness (QED) is 0.625. The minimum absolute atomic E-state index is 0.669. The van der Waals surface area contributed by atoms with Crippen molar-refractivity contribution in [1.29, 1.82) is 5.26 Å². The molecule has 0 aromatic carbocycles. The molecule has 1 unspecified atom stereocenters. The topological polar surface area (TPSA) is 27.0 Å². The lowest BCUT2D eigenvalue weighted by atomic mass is 10.3. The number of nitrogens with zero attached hydrogens (tertiary/aromatic N) is 2. The van der Waals surface area contributed by atoms with E-state index in [1.165, 1.54) is 11.5 Å². The van der Waals surface area contributed by atoms with Gasteiger partial charge < -0.3 is 0 Å². The molecule has 0 aromatic rings. The van der Waals surface area contributed by atoms with E-state index in [0.717, 1.165) is 13.1 Å². The molecular weight excluding hydrogens is 156 g/mol. The summed E-state index contributed by atoms with van der Waals surface area (Å²) in [4.78, 5) is 2.40. The molecule has 1 atom stereocenters. The minimum Gasteiger partial charge on any atom is -0.298 e. The van der Waals surface area contributed by atoms with Crippen LogP contribution in [0.3, 0.4) is 0 Å². The molecule has 0 aliphatic carbocycles. The normalized spacial score (nSPS) is 26.4. The van der Waals surface area contributed by atoms with Crippen molar-refractivity contribution in [3.63, 3.8) is 0 Å². The molecule has 1 rings (SSSR count). The smallest absolute Gasteiger partial charge is 0.0635 e. The van der Waals surface area contributed by atoms with E-state index in [1.807, 2.05) is 11.8 Å². The molecule has 0 amide bonds. The SMILES string of the molecule is CC1CSCCN1CCC#N. The van der Waals surface area contributed by atoms with Gasteiger partial charge in [0.1, 0.15) is 0 Å².